The van der Waals surface area contributed by atoms with Crippen LogP contribution in [0.15, 0.2) is 24.4 Å². The maximum Gasteiger partial charge on any atom is 0.490 e. The Kier molecular flexibility index (Phi) is 12.2. The van der Waals surface area contributed by atoms with Gasteiger partial charge >= 0.3 is 30.3 Å². The molecule has 3 heterocycles. The van der Waals surface area contributed by atoms with Crippen LogP contribution in [0.5, 0.6) is 0 Å². The van der Waals surface area contributed by atoms with E-state index in [1.165, 1.54) is 0 Å². The van der Waals surface area contributed by atoms with Crippen LogP contribution < -0.4 is 5.32 Å². The zero-order valence-electron chi connectivity index (χ0n) is 21.9. The first-order valence-electron chi connectivity index (χ1n) is 11.8. The van der Waals surface area contributed by atoms with E-state index in [-0.39, 0.29) is 23.4 Å². The van der Waals surface area contributed by atoms with Crippen molar-refractivity contribution in [2.45, 2.75) is 45.2 Å². The molecule has 0 bridgehead atoms. The molecule has 226 valence electrons. The number of hydrogen-bond acceptors (Lipinski definition) is 6. The fraction of sp³-hybridized carbons (Fsp3) is 0.609. The SMILES string of the molecule is CC(C)NC(=O)N1CCN(Cc2ccccn2)CC2(CC(=O)N(C)C2)C1.O=C(O)C(F)(F)F.O=C(O)C(F)(F)F. The highest BCUT2D eigenvalue weighted by atomic mass is 19.4. The fourth-order valence-electron chi connectivity index (χ4n) is 4.03. The van der Waals surface area contributed by atoms with Crippen molar-refractivity contribution in [3.05, 3.63) is 30.1 Å². The third kappa shape index (κ3) is 11.6. The fourth-order valence-corrected chi connectivity index (χ4v) is 4.03. The lowest BCUT2D eigenvalue weighted by atomic mass is 9.86. The van der Waals surface area contributed by atoms with E-state index < -0.39 is 24.3 Å². The number of urea groups is 1. The number of carboxylic acids is 2. The van der Waals surface area contributed by atoms with Gasteiger partial charge in [0.25, 0.3) is 0 Å². The highest BCUT2D eigenvalue weighted by Crippen LogP contribution is 2.34. The third-order valence-corrected chi connectivity index (χ3v) is 5.59. The second-order valence-electron chi connectivity index (χ2n) is 9.59. The van der Waals surface area contributed by atoms with E-state index in [2.05, 4.69) is 15.2 Å². The molecule has 1 spiro atoms. The number of aromatic nitrogens is 1. The van der Waals surface area contributed by atoms with Gasteiger partial charge in [-0.1, -0.05) is 6.07 Å². The molecule has 17 heteroatoms. The van der Waals surface area contributed by atoms with Crippen molar-refractivity contribution < 1.29 is 55.7 Å². The van der Waals surface area contributed by atoms with Crippen LogP contribution in [-0.2, 0) is 20.9 Å². The first kappa shape index (κ1) is 34.4. The van der Waals surface area contributed by atoms with Crippen LogP contribution in [-0.4, -0.2) is 112 Å². The van der Waals surface area contributed by atoms with Crippen LogP contribution in [0.3, 0.4) is 0 Å². The van der Waals surface area contributed by atoms with E-state index in [9.17, 15) is 35.9 Å². The normalized spacial score (nSPS) is 19.8. The summed E-state index contributed by atoms with van der Waals surface area (Å²) in [7, 11) is 1.85. The molecular weight excluding hydrogens is 556 g/mol. The van der Waals surface area contributed by atoms with Crippen molar-refractivity contribution in [1.29, 1.82) is 0 Å². The van der Waals surface area contributed by atoms with Crippen LogP contribution in [0.1, 0.15) is 26.0 Å². The molecule has 0 aliphatic carbocycles. The Morgan fingerprint density at radius 2 is 1.55 bits per heavy atom. The number of carbonyl (C=O) groups excluding carboxylic acids is 2. The molecule has 0 saturated carbocycles. The molecule has 0 aromatic carbocycles. The van der Waals surface area contributed by atoms with E-state index in [1.807, 2.05) is 44.0 Å². The topological polar surface area (TPSA) is 143 Å². The molecule has 3 amide bonds. The van der Waals surface area contributed by atoms with Gasteiger partial charge in [-0.2, -0.15) is 26.3 Å². The van der Waals surface area contributed by atoms with Gasteiger partial charge in [-0.25, -0.2) is 14.4 Å². The Hall–Kier alpha value is -3.63. The Labute approximate surface area is 225 Å². The van der Waals surface area contributed by atoms with Gasteiger partial charge in [-0.3, -0.25) is 14.7 Å². The third-order valence-electron chi connectivity index (χ3n) is 5.59. The summed E-state index contributed by atoms with van der Waals surface area (Å²) in [5.74, 6) is -5.35. The monoisotopic (exact) mass is 587 g/mol. The predicted molar refractivity (Wildman–Crippen MR) is 127 cm³/mol. The van der Waals surface area contributed by atoms with Crippen LogP contribution in [0.2, 0.25) is 0 Å². The lowest BCUT2D eigenvalue weighted by Crippen LogP contribution is -2.48. The summed E-state index contributed by atoms with van der Waals surface area (Å²) in [6.07, 6.45) is -7.87. The van der Waals surface area contributed by atoms with Crippen molar-refractivity contribution in [3.63, 3.8) is 0 Å². The summed E-state index contributed by atoms with van der Waals surface area (Å²) < 4.78 is 63.5. The number of alkyl halides is 6. The minimum atomic E-state index is -5.08. The van der Waals surface area contributed by atoms with Crippen LogP contribution in [0.25, 0.3) is 0 Å². The Morgan fingerprint density at radius 1 is 1.00 bits per heavy atom. The van der Waals surface area contributed by atoms with E-state index in [1.54, 1.807) is 11.1 Å². The first-order chi connectivity index (χ1) is 18.3. The number of aliphatic carboxylic acids is 2. The number of halogens is 6. The quantitative estimate of drug-likeness (QED) is 0.458. The Bertz CT molecular complexity index is 1000. The summed E-state index contributed by atoms with van der Waals surface area (Å²) in [4.78, 5) is 53.1. The van der Waals surface area contributed by atoms with Gasteiger partial charge < -0.3 is 25.3 Å². The van der Waals surface area contributed by atoms with Gasteiger partial charge in [0, 0.05) is 70.4 Å². The number of carboxylic acid groups (broad SMARTS) is 2. The molecule has 1 aromatic rings. The minimum Gasteiger partial charge on any atom is -0.475 e. The lowest BCUT2D eigenvalue weighted by molar-refractivity contribution is -0.193. The number of amides is 3. The van der Waals surface area contributed by atoms with Gasteiger partial charge in [0.1, 0.15) is 0 Å². The van der Waals surface area contributed by atoms with Gasteiger partial charge in [0.05, 0.1) is 5.69 Å². The van der Waals surface area contributed by atoms with Gasteiger partial charge in [0.2, 0.25) is 5.91 Å². The van der Waals surface area contributed by atoms with Gasteiger partial charge in [-0.05, 0) is 26.0 Å². The molecule has 11 nitrogen and oxygen atoms in total. The van der Waals surface area contributed by atoms with E-state index >= 15 is 0 Å². The van der Waals surface area contributed by atoms with Crippen molar-refractivity contribution in [2.75, 3.05) is 39.8 Å². The molecule has 2 fully saturated rings. The smallest absolute Gasteiger partial charge is 0.475 e. The molecule has 1 unspecified atom stereocenters. The number of nitrogens with one attached hydrogen (secondary N) is 1. The largest absolute Gasteiger partial charge is 0.490 e. The number of likely N-dealkylation sites (tertiary alicyclic amines) is 1. The maximum absolute atomic E-state index is 12.6. The Balaban J connectivity index is 0.000000473. The second kappa shape index (κ2) is 14.1. The Morgan fingerprint density at radius 3 is 1.95 bits per heavy atom. The number of carbonyl (C=O) groups is 4. The number of pyridine rings is 1. The minimum absolute atomic E-state index is 0.0407. The molecule has 2 saturated heterocycles. The van der Waals surface area contributed by atoms with Gasteiger partial charge in [0.15, 0.2) is 0 Å². The van der Waals surface area contributed by atoms with Crippen LogP contribution in [0, 0.1) is 5.41 Å². The first-order valence-corrected chi connectivity index (χ1v) is 11.8. The zero-order chi connectivity index (χ0) is 30.9. The summed E-state index contributed by atoms with van der Waals surface area (Å²) in [6.45, 7) is 8.20. The van der Waals surface area contributed by atoms with E-state index in [0.717, 1.165) is 25.3 Å². The van der Waals surface area contributed by atoms with Crippen molar-refractivity contribution in [1.82, 2.24) is 25.0 Å². The second-order valence-corrected chi connectivity index (χ2v) is 9.59. The molecule has 1 aromatic heterocycles. The summed E-state index contributed by atoms with van der Waals surface area (Å²) in [6, 6.07) is 5.98. The van der Waals surface area contributed by atoms with Crippen molar-refractivity contribution in [3.8, 4) is 0 Å². The van der Waals surface area contributed by atoms with E-state index in [0.29, 0.717) is 26.1 Å². The predicted octanol–water partition coefficient (Wildman–Crippen LogP) is 2.43. The summed E-state index contributed by atoms with van der Waals surface area (Å²) in [5, 5.41) is 17.2. The average Bonchev–Trinajstić information content (AvgIpc) is 2.96. The van der Waals surface area contributed by atoms with E-state index in [4.69, 9.17) is 19.8 Å². The molecule has 2 aliphatic rings. The molecule has 3 N–H and O–H groups in total. The summed E-state index contributed by atoms with van der Waals surface area (Å²) >= 11 is 0. The molecule has 0 radical (unpaired) electrons. The molecule has 40 heavy (non-hydrogen) atoms. The highest BCUT2D eigenvalue weighted by Gasteiger charge is 2.46. The maximum atomic E-state index is 12.6. The molecular formula is C23H31F6N5O6. The molecule has 3 rings (SSSR count). The van der Waals surface area contributed by atoms with Crippen molar-refractivity contribution >= 4 is 23.9 Å². The highest BCUT2D eigenvalue weighted by molar-refractivity contribution is 5.80. The zero-order valence-corrected chi connectivity index (χ0v) is 21.9. The van der Waals surface area contributed by atoms with Crippen LogP contribution >= 0.6 is 0 Å². The number of rotatable bonds is 3. The standard InChI is InChI=1S/C19H29N5O2.2C2HF3O2/c1-15(2)21-18(26)24-9-8-23(11-16-6-4-5-7-20-16)13-19(14-24)10-17(25)22(3)12-19;2*3-2(4,5)1(6)7/h4-7,15H,8-14H2,1-3H3,(H,21,26);2*(H,6,7). The molecule has 2 aliphatic heterocycles. The van der Waals surface area contributed by atoms with Gasteiger partial charge in [-0.15, -0.1) is 0 Å². The lowest BCUT2D eigenvalue weighted by Gasteiger charge is -2.33. The number of hydrogen-bond donors (Lipinski definition) is 3. The van der Waals surface area contributed by atoms with Crippen molar-refractivity contribution in [2.24, 2.45) is 5.41 Å². The molecule has 1 atom stereocenters. The average molecular weight is 588 g/mol. The summed E-state index contributed by atoms with van der Waals surface area (Å²) in [5.41, 5.74) is 0.797. The number of nitrogens with zero attached hydrogens (tertiary/aromatic N) is 4. The van der Waals surface area contributed by atoms with Crippen LogP contribution in [0.4, 0.5) is 31.1 Å².